The summed E-state index contributed by atoms with van der Waals surface area (Å²) in [6, 6.07) is 6.29. The van der Waals surface area contributed by atoms with Crippen molar-refractivity contribution in [3.63, 3.8) is 0 Å². The maximum atomic E-state index is 5.93. The Bertz CT molecular complexity index is 601. The van der Waals surface area contributed by atoms with E-state index >= 15 is 0 Å². The zero-order chi connectivity index (χ0) is 14.8. The highest BCUT2D eigenvalue weighted by atomic mass is 16.3. The molecule has 2 heterocycles. The first-order chi connectivity index (χ1) is 10.2. The van der Waals surface area contributed by atoms with Crippen molar-refractivity contribution in [2.45, 2.75) is 32.4 Å². The molecule has 2 N–H and O–H groups in total. The molecule has 21 heavy (non-hydrogen) atoms. The van der Waals surface area contributed by atoms with Gasteiger partial charge in [-0.25, -0.2) is 4.98 Å². The third kappa shape index (κ3) is 3.04. The largest absolute Gasteiger partial charge is 0.439 e. The SMILES string of the molecule is CCN1CCC(N(C)Cc2nc3c(N)cccc3o2)CC1. The number of nitrogens with two attached hydrogens (primary N) is 1. The Morgan fingerprint density at radius 2 is 2.14 bits per heavy atom. The monoisotopic (exact) mass is 288 g/mol. The lowest BCUT2D eigenvalue weighted by molar-refractivity contribution is 0.120. The molecular formula is C16H24N4O. The highest BCUT2D eigenvalue weighted by Gasteiger charge is 2.22. The zero-order valence-electron chi connectivity index (χ0n) is 12.9. The summed E-state index contributed by atoms with van der Waals surface area (Å²) in [4.78, 5) is 9.39. The number of nitrogen functional groups attached to an aromatic ring is 1. The van der Waals surface area contributed by atoms with Gasteiger partial charge in [0.1, 0.15) is 5.52 Å². The van der Waals surface area contributed by atoms with Crippen LogP contribution in [0.3, 0.4) is 0 Å². The molecule has 0 atom stereocenters. The van der Waals surface area contributed by atoms with Gasteiger partial charge in [-0.2, -0.15) is 0 Å². The number of fused-ring (bicyclic) bond motifs is 1. The van der Waals surface area contributed by atoms with Gasteiger partial charge >= 0.3 is 0 Å². The average molecular weight is 288 g/mol. The van der Waals surface area contributed by atoms with Gasteiger partial charge in [-0.05, 0) is 51.7 Å². The number of nitrogens with zero attached hydrogens (tertiary/aromatic N) is 3. The second-order valence-corrected chi connectivity index (χ2v) is 5.88. The van der Waals surface area contributed by atoms with Crippen LogP contribution in [0, 0.1) is 0 Å². The van der Waals surface area contributed by atoms with Crippen LogP contribution in [0.15, 0.2) is 22.6 Å². The van der Waals surface area contributed by atoms with E-state index in [2.05, 4.69) is 28.8 Å². The summed E-state index contributed by atoms with van der Waals surface area (Å²) in [5.41, 5.74) is 8.17. The third-order valence-corrected chi connectivity index (χ3v) is 4.51. The Kier molecular flexibility index (Phi) is 4.12. The van der Waals surface area contributed by atoms with E-state index in [0.29, 0.717) is 11.7 Å². The summed E-state index contributed by atoms with van der Waals surface area (Å²) in [6.45, 7) is 6.50. The fourth-order valence-corrected chi connectivity index (χ4v) is 3.10. The van der Waals surface area contributed by atoms with Crippen LogP contribution in [0.1, 0.15) is 25.7 Å². The first-order valence-electron chi connectivity index (χ1n) is 7.74. The van der Waals surface area contributed by atoms with E-state index in [1.165, 1.54) is 25.9 Å². The lowest BCUT2D eigenvalue weighted by Gasteiger charge is -2.35. The summed E-state index contributed by atoms with van der Waals surface area (Å²) in [5, 5.41) is 0. The molecule has 0 spiro atoms. The van der Waals surface area contributed by atoms with Gasteiger partial charge in [-0.3, -0.25) is 4.90 Å². The number of rotatable bonds is 4. The van der Waals surface area contributed by atoms with Crippen molar-refractivity contribution in [1.29, 1.82) is 0 Å². The molecule has 0 amide bonds. The van der Waals surface area contributed by atoms with Crippen LogP contribution in [-0.2, 0) is 6.54 Å². The number of piperidine rings is 1. The first kappa shape index (κ1) is 14.4. The topological polar surface area (TPSA) is 58.5 Å². The van der Waals surface area contributed by atoms with Crippen molar-refractivity contribution < 1.29 is 4.42 Å². The van der Waals surface area contributed by atoms with Crippen LogP contribution >= 0.6 is 0 Å². The minimum Gasteiger partial charge on any atom is -0.439 e. The van der Waals surface area contributed by atoms with Crippen molar-refractivity contribution in [2.75, 3.05) is 32.4 Å². The van der Waals surface area contributed by atoms with Gasteiger partial charge in [-0.15, -0.1) is 0 Å². The van der Waals surface area contributed by atoms with Crippen LogP contribution < -0.4 is 5.73 Å². The number of anilines is 1. The molecule has 114 valence electrons. The predicted molar refractivity (Wildman–Crippen MR) is 85.0 cm³/mol. The minimum absolute atomic E-state index is 0.611. The summed E-state index contributed by atoms with van der Waals surface area (Å²) < 4.78 is 5.81. The van der Waals surface area contributed by atoms with Crippen LogP contribution in [-0.4, -0.2) is 47.5 Å². The Morgan fingerprint density at radius 1 is 1.38 bits per heavy atom. The maximum Gasteiger partial charge on any atom is 0.209 e. The molecule has 0 aliphatic carbocycles. The molecule has 2 aromatic rings. The molecule has 1 aromatic heterocycles. The van der Waals surface area contributed by atoms with Gasteiger partial charge in [0.2, 0.25) is 5.89 Å². The third-order valence-electron chi connectivity index (χ3n) is 4.51. The Balaban J connectivity index is 1.66. The van der Waals surface area contributed by atoms with Crippen LogP contribution in [0.25, 0.3) is 11.1 Å². The second-order valence-electron chi connectivity index (χ2n) is 5.88. The Hall–Kier alpha value is -1.59. The Morgan fingerprint density at radius 3 is 2.81 bits per heavy atom. The van der Waals surface area contributed by atoms with Crippen molar-refractivity contribution in [3.8, 4) is 0 Å². The van der Waals surface area contributed by atoms with Gasteiger partial charge in [-0.1, -0.05) is 13.0 Å². The van der Waals surface area contributed by atoms with Gasteiger partial charge < -0.3 is 15.1 Å². The summed E-state index contributed by atoms with van der Waals surface area (Å²) in [5.74, 6) is 0.753. The van der Waals surface area contributed by atoms with Gasteiger partial charge in [0.25, 0.3) is 0 Å². The molecule has 0 saturated carbocycles. The number of aromatic nitrogens is 1. The number of hydrogen-bond donors (Lipinski definition) is 1. The van der Waals surface area contributed by atoms with Gasteiger partial charge in [0.15, 0.2) is 5.58 Å². The molecule has 5 heteroatoms. The standard InChI is InChI=1S/C16H24N4O/c1-3-20-9-7-12(8-10-20)19(2)11-15-18-16-13(17)5-4-6-14(16)21-15/h4-6,12H,3,7-11,17H2,1-2H3. The van der Waals surface area contributed by atoms with E-state index in [0.717, 1.165) is 30.1 Å². The predicted octanol–water partition coefficient (Wildman–Crippen LogP) is 2.33. The van der Waals surface area contributed by atoms with Crippen molar-refractivity contribution >= 4 is 16.8 Å². The summed E-state index contributed by atoms with van der Waals surface area (Å²) in [7, 11) is 2.16. The number of para-hydroxylation sites is 1. The molecule has 1 fully saturated rings. The lowest BCUT2D eigenvalue weighted by Crippen LogP contribution is -2.42. The molecule has 5 nitrogen and oxygen atoms in total. The van der Waals surface area contributed by atoms with Gasteiger partial charge in [0, 0.05) is 6.04 Å². The average Bonchev–Trinajstić information content (AvgIpc) is 2.91. The maximum absolute atomic E-state index is 5.93. The molecular weight excluding hydrogens is 264 g/mol. The second kappa shape index (κ2) is 6.03. The van der Waals surface area contributed by atoms with E-state index in [1.54, 1.807) is 0 Å². The molecule has 1 saturated heterocycles. The summed E-state index contributed by atoms with van der Waals surface area (Å²) in [6.07, 6.45) is 2.43. The fraction of sp³-hybridized carbons (Fsp3) is 0.562. The molecule has 0 radical (unpaired) electrons. The van der Waals surface area contributed by atoms with E-state index in [9.17, 15) is 0 Å². The first-order valence-corrected chi connectivity index (χ1v) is 7.74. The van der Waals surface area contributed by atoms with Crippen LogP contribution in [0.5, 0.6) is 0 Å². The molecule has 0 unspecified atom stereocenters. The van der Waals surface area contributed by atoms with Crippen molar-refractivity contribution in [1.82, 2.24) is 14.8 Å². The number of benzene rings is 1. The smallest absolute Gasteiger partial charge is 0.209 e. The van der Waals surface area contributed by atoms with E-state index in [4.69, 9.17) is 10.2 Å². The molecule has 0 bridgehead atoms. The molecule has 1 aliphatic rings. The fourth-order valence-electron chi connectivity index (χ4n) is 3.10. The highest BCUT2D eigenvalue weighted by molar-refractivity contribution is 5.85. The van der Waals surface area contributed by atoms with E-state index < -0.39 is 0 Å². The number of likely N-dealkylation sites (tertiary alicyclic amines) is 1. The van der Waals surface area contributed by atoms with Crippen LogP contribution in [0.2, 0.25) is 0 Å². The minimum atomic E-state index is 0.611. The van der Waals surface area contributed by atoms with Gasteiger partial charge in [0.05, 0.1) is 12.2 Å². The highest BCUT2D eigenvalue weighted by Crippen LogP contribution is 2.23. The molecule has 1 aromatic carbocycles. The number of oxazole rings is 1. The normalized spacial score (nSPS) is 17.9. The Labute approximate surface area is 125 Å². The lowest BCUT2D eigenvalue weighted by atomic mass is 10.0. The van der Waals surface area contributed by atoms with E-state index in [-0.39, 0.29) is 0 Å². The quantitative estimate of drug-likeness (QED) is 0.875. The molecule has 1 aliphatic heterocycles. The number of hydrogen-bond acceptors (Lipinski definition) is 5. The summed E-state index contributed by atoms with van der Waals surface area (Å²) >= 11 is 0. The zero-order valence-corrected chi connectivity index (χ0v) is 12.9. The van der Waals surface area contributed by atoms with Crippen molar-refractivity contribution in [3.05, 3.63) is 24.1 Å². The molecule has 3 rings (SSSR count). The van der Waals surface area contributed by atoms with Crippen molar-refractivity contribution in [2.24, 2.45) is 0 Å². The van der Waals surface area contributed by atoms with Crippen LogP contribution in [0.4, 0.5) is 5.69 Å². The van der Waals surface area contributed by atoms with E-state index in [1.807, 2.05) is 18.2 Å².